The smallest absolute Gasteiger partial charge is 0.416 e. The maximum atomic E-state index is 13.8. The molecule has 2 aromatic carbocycles. The fraction of sp³-hybridized carbons (Fsp3) is 0.545. The van der Waals surface area contributed by atoms with Crippen molar-refractivity contribution in [3.05, 3.63) is 69.8 Å². The summed E-state index contributed by atoms with van der Waals surface area (Å²) in [5.41, 5.74) is 0.300. The minimum atomic E-state index is -5.02. The average molecular weight is 643 g/mol. The molecule has 0 saturated carbocycles. The van der Waals surface area contributed by atoms with Gasteiger partial charge in [-0.15, -0.1) is 0 Å². The van der Waals surface area contributed by atoms with E-state index in [0.29, 0.717) is 56.8 Å². The summed E-state index contributed by atoms with van der Waals surface area (Å²) in [7, 11) is 1.56. The Labute approximate surface area is 258 Å². The minimum Gasteiger partial charge on any atom is -0.496 e. The van der Waals surface area contributed by atoms with Gasteiger partial charge in [-0.1, -0.05) is 19.9 Å². The van der Waals surface area contributed by atoms with Gasteiger partial charge < -0.3 is 9.47 Å². The summed E-state index contributed by atoms with van der Waals surface area (Å²) in [6.07, 6.45) is -10.4. The zero-order valence-electron chi connectivity index (χ0n) is 25.6. The molecular formula is C33H37F7N2O3. The molecule has 0 aromatic heterocycles. The molecule has 5 rings (SSSR count). The lowest BCUT2D eigenvalue weighted by molar-refractivity contribution is -0.143. The van der Waals surface area contributed by atoms with Crippen LogP contribution >= 0.6 is 0 Å². The zero-order chi connectivity index (χ0) is 32.9. The van der Waals surface area contributed by atoms with Crippen molar-refractivity contribution in [2.75, 3.05) is 26.7 Å². The summed E-state index contributed by atoms with van der Waals surface area (Å²) in [4.78, 5) is 16.6. The lowest BCUT2D eigenvalue weighted by atomic mass is 9.72. The standard InChI is InChI=1S/C33H37F7N2O3/c1-19-29(21-12-23(32(35,36)37)14-24(13-21)33(38,39)40)45-30(43)42(19)17-22-15-31(2,3)9-7-26(22)27-11-20(5-6-28(27)44-4)16-41-10-8-25(34)18-41/h5-6,11-14,19,25,29H,7-10,15-18H2,1-4H3/t19-,25-,29-/m0/s1. The van der Waals surface area contributed by atoms with E-state index in [-0.39, 0.29) is 23.6 Å². The molecule has 0 N–H and O–H groups in total. The van der Waals surface area contributed by atoms with Gasteiger partial charge in [0.2, 0.25) is 0 Å². The molecule has 1 aliphatic carbocycles. The van der Waals surface area contributed by atoms with Crippen LogP contribution < -0.4 is 4.74 Å². The van der Waals surface area contributed by atoms with Crippen LogP contribution in [0.3, 0.4) is 0 Å². The SMILES string of the molecule is COc1ccc(CN2CC[C@H](F)C2)cc1C1=C(CN2C(=O)O[C@H](c3cc(C(F)(F)F)cc(C(F)(F)F)c3)[C@@H]2C)CC(C)(C)CC1. The van der Waals surface area contributed by atoms with Crippen LogP contribution in [0.25, 0.3) is 5.57 Å². The first-order valence-electron chi connectivity index (χ1n) is 15.0. The number of methoxy groups -OCH3 is 1. The number of rotatable bonds is 7. The first-order valence-corrected chi connectivity index (χ1v) is 15.0. The van der Waals surface area contributed by atoms with Gasteiger partial charge in [0.15, 0.2) is 0 Å². The van der Waals surface area contributed by atoms with Gasteiger partial charge in [0.05, 0.1) is 24.3 Å². The predicted molar refractivity (Wildman–Crippen MR) is 154 cm³/mol. The Kier molecular flexibility index (Phi) is 8.93. The summed E-state index contributed by atoms with van der Waals surface area (Å²) >= 11 is 0. The molecule has 0 spiro atoms. The number of hydrogen-bond acceptors (Lipinski definition) is 4. The quantitative estimate of drug-likeness (QED) is 0.283. The molecule has 12 heteroatoms. The fourth-order valence-corrected chi connectivity index (χ4v) is 6.67. The third-order valence-corrected chi connectivity index (χ3v) is 9.07. The summed E-state index contributed by atoms with van der Waals surface area (Å²) in [6.45, 7) is 7.46. The fourth-order valence-electron chi connectivity index (χ4n) is 6.67. The number of nitrogens with zero attached hydrogens (tertiary/aromatic N) is 2. The van der Waals surface area contributed by atoms with Crippen LogP contribution in [0.5, 0.6) is 5.75 Å². The van der Waals surface area contributed by atoms with E-state index in [1.807, 2.05) is 18.2 Å². The van der Waals surface area contributed by atoms with E-state index >= 15 is 0 Å². The Balaban J connectivity index is 1.49. The van der Waals surface area contributed by atoms with E-state index in [2.05, 4.69) is 18.7 Å². The second kappa shape index (κ2) is 12.1. The van der Waals surface area contributed by atoms with Crippen LogP contribution in [0.2, 0.25) is 0 Å². The highest BCUT2D eigenvalue weighted by molar-refractivity contribution is 5.77. The molecule has 45 heavy (non-hydrogen) atoms. The Hall–Kier alpha value is -3.28. The van der Waals surface area contributed by atoms with Crippen LogP contribution in [0.15, 0.2) is 42.0 Å². The molecular weight excluding hydrogens is 605 g/mol. The second-order valence-electron chi connectivity index (χ2n) is 13.1. The van der Waals surface area contributed by atoms with Crippen LogP contribution in [0.4, 0.5) is 35.5 Å². The van der Waals surface area contributed by atoms with E-state index in [1.165, 1.54) is 4.90 Å². The lowest BCUT2D eigenvalue weighted by Gasteiger charge is -2.36. The largest absolute Gasteiger partial charge is 0.496 e. The Bertz CT molecular complexity index is 1430. The average Bonchev–Trinajstić information content (AvgIpc) is 3.48. The third kappa shape index (κ3) is 7.26. The molecule has 2 aromatic rings. The maximum absolute atomic E-state index is 13.8. The highest BCUT2D eigenvalue weighted by atomic mass is 19.4. The van der Waals surface area contributed by atoms with Gasteiger partial charge in [-0.3, -0.25) is 9.80 Å². The van der Waals surface area contributed by atoms with Crippen molar-refractivity contribution in [2.45, 2.75) is 83.7 Å². The molecule has 5 nitrogen and oxygen atoms in total. The molecule has 0 bridgehead atoms. The highest BCUT2D eigenvalue weighted by Crippen LogP contribution is 2.47. The van der Waals surface area contributed by atoms with Crippen molar-refractivity contribution in [3.63, 3.8) is 0 Å². The lowest BCUT2D eigenvalue weighted by Crippen LogP contribution is -2.35. The molecule has 2 fully saturated rings. The van der Waals surface area contributed by atoms with E-state index in [4.69, 9.17) is 9.47 Å². The normalized spacial score (nSPS) is 24.4. The number of carbonyl (C=O) groups is 1. The molecule has 246 valence electrons. The number of ether oxygens (including phenoxy) is 2. The molecule has 2 saturated heterocycles. The number of amides is 1. The van der Waals surface area contributed by atoms with E-state index < -0.39 is 47.9 Å². The van der Waals surface area contributed by atoms with E-state index in [0.717, 1.165) is 28.7 Å². The van der Waals surface area contributed by atoms with E-state index in [1.54, 1.807) is 14.0 Å². The van der Waals surface area contributed by atoms with Gasteiger partial charge in [0.1, 0.15) is 18.0 Å². The monoisotopic (exact) mass is 642 g/mol. The van der Waals surface area contributed by atoms with Gasteiger partial charge >= 0.3 is 18.4 Å². The Morgan fingerprint density at radius 2 is 1.67 bits per heavy atom. The van der Waals surface area contributed by atoms with Crippen molar-refractivity contribution in [1.82, 2.24) is 9.80 Å². The first-order chi connectivity index (χ1) is 20.9. The third-order valence-electron chi connectivity index (χ3n) is 9.07. The summed E-state index contributed by atoms with van der Waals surface area (Å²) in [5, 5.41) is 0. The van der Waals surface area contributed by atoms with Gasteiger partial charge in [0.25, 0.3) is 0 Å². The topological polar surface area (TPSA) is 42.0 Å². The molecule has 3 atom stereocenters. The van der Waals surface area contributed by atoms with Crippen molar-refractivity contribution in [3.8, 4) is 5.75 Å². The summed E-state index contributed by atoms with van der Waals surface area (Å²) < 4.78 is 106. The number of carbonyl (C=O) groups excluding carboxylic acids is 1. The second-order valence-corrected chi connectivity index (χ2v) is 13.1. The number of cyclic esters (lactones) is 1. The number of allylic oxidation sites excluding steroid dienone is 1. The molecule has 2 heterocycles. The van der Waals surface area contributed by atoms with Crippen molar-refractivity contribution in [1.29, 1.82) is 0 Å². The minimum absolute atomic E-state index is 0.0606. The van der Waals surface area contributed by atoms with Crippen molar-refractivity contribution >= 4 is 11.7 Å². The van der Waals surface area contributed by atoms with Crippen molar-refractivity contribution < 1.29 is 45.0 Å². The van der Waals surface area contributed by atoms with Crippen LogP contribution in [0, 0.1) is 5.41 Å². The van der Waals surface area contributed by atoms with Gasteiger partial charge in [-0.2, -0.15) is 26.3 Å². The van der Waals surface area contributed by atoms with Gasteiger partial charge in [-0.05, 0) is 90.6 Å². The first kappa shape index (κ1) is 33.1. The number of alkyl halides is 7. The van der Waals surface area contributed by atoms with Crippen LogP contribution in [-0.4, -0.2) is 54.9 Å². The van der Waals surface area contributed by atoms with Gasteiger partial charge in [0, 0.05) is 31.7 Å². The highest BCUT2D eigenvalue weighted by Gasteiger charge is 2.44. The van der Waals surface area contributed by atoms with Crippen LogP contribution in [0.1, 0.15) is 80.4 Å². The summed E-state index contributed by atoms with van der Waals surface area (Å²) in [5.74, 6) is 0.634. The van der Waals surface area contributed by atoms with Crippen molar-refractivity contribution in [2.24, 2.45) is 5.41 Å². The number of likely N-dealkylation sites (tertiary alicyclic amines) is 1. The molecule has 0 radical (unpaired) electrons. The van der Waals surface area contributed by atoms with Gasteiger partial charge in [-0.25, -0.2) is 9.18 Å². The molecule has 0 unspecified atom stereocenters. The molecule has 2 aliphatic heterocycles. The maximum Gasteiger partial charge on any atom is 0.416 e. The Morgan fingerprint density at radius 3 is 2.24 bits per heavy atom. The predicted octanol–water partition coefficient (Wildman–Crippen LogP) is 8.82. The number of halogens is 7. The van der Waals surface area contributed by atoms with E-state index in [9.17, 15) is 35.5 Å². The molecule has 1 amide bonds. The zero-order valence-corrected chi connectivity index (χ0v) is 25.6. The number of benzene rings is 2. The number of hydrogen-bond donors (Lipinski definition) is 0. The molecule has 3 aliphatic rings. The van der Waals surface area contributed by atoms with Crippen LogP contribution in [-0.2, 0) is 23.6 Å². The summed E-state index contributed by atoms with van der Waals surface area (Å²) in [6, 6.07) is 6.27. The Morgan fingerprint density at radius 1 is 1.00 bits per heavy atom.